The summed E-state index contributed by atoms with van der Waals surface area (Å²) in [5.74, 6) is -0.369. The van der Waals surface area contributed by atoms with E-state index in [1.54, 1.807) is 6.07 Å². The van der Waals surface area contributed by atoms with Crippen molar-refractivity contribution < 1.29 is 18.8 Å². The van der Waals surface area contributed by atoms with Crippen molar-refractivity contribution in [1.82, 2.24) is 10.4 Å². The van der Waals surface area contributed by atoms with Crippen molar-refractivity contribution in [2.24, 2.45) is 0 Å². The van der Waals surface area contributed by atoms with Gasteiger partial charge in [0, 0.05) is 0 Å². The molecule has 1 amide bonds. The van der Waals surface area contributed by atoms with Crippen LogP contribution in [0, 0.1) is 5.82 Å². The Bertz CT molecular complexity index is 473. The van der Waals surface area contributed by atoms with Gasteiger partial charge in [0.15, 0.2) is 11.6 Å². The van der Waals surface area contributed by atoms with Gasteiger partial charge in [-0.15, -0.1) is 0 Å². The molecular formula is C14H21FN3O2+. The number of hydrogen-bond donors (Lipinski definition) is 2. The zero-order chi connectivity index (χ0) is 14.5. The molecule has 0 saturated carbocycles. The fourth-order valence-electron chi connectivity index (χ4n) is 2.22. The number of nitrogens with zero attached hydrogens (tertiary/aromatic N) is 1. The molecule has 1 aliphatic heterocycles. The summed E-state index contributed by atoms with van der Waals surface area (Å²) in [4.78, 5) is 13.4. The summed E-state index contributed by atoms with van der Waals surface area (Å²) in [7, 11) is 3.56. The molecule has 0 bridgehead atoms. The highest BCUT2D eigenvalue weighted by molar-refractivity contribution is 5.78. The average molecular weight is 282 g/mol. The van der Waals surface area contributed by atoms with Gasteiger partial charge in [-0.3, -0.25) is 10.2 Å². The maximum atomic E-state index is 13.5. The molecular weight excluding hydrogens is 261 g/mol. The van der Waals surface area contributed by atoms with Gasteiger partial charge in [0.1, 0.15) is 0 Å². The monoisotopic (exact) mass is 282 g/mol. The van der Waals surface area contributed by atoms with Crippen LogP contribution >= 0.6 is 0 Å². The minimum atomic E-state index is -0.444. The number of carbonyl (C=O) groups is 1. The van der Waals surface area contributed by atoms with E-state index < -0.39 is 5.82 Å². The van der Waals surface area contributed by atoms with E-state index in [0.717, 1.165) is 26.2 Å². The molecule has 0 aromatic heterocycles. The zero-order valence-corrected chi connectivity index (χ0v) is 11.9. The Labute approximate surface area is 118 Å². The van der Waals surface area contributed by atoms with Gasteiger partial charge in [-0.05, 0) is 17.7 Å². The maximum absolute atomic E-state index is 13.5. The molecule has 0 unspecified atom stereocenters. The Morgan fingerprint density at radius 1 is 1.45 bits per heavy atom. The minimum absolute atomic E-state index is 0.117. The van der Waals surface area contributed by atoms with Crippen LogP contribution in [0.15, 0.2) is 18.2 Å². The fourth-order valence-corrected chi connectivity index (χ4v) is 2.22. The second kappa shape index (κ2) is 6.67. The van der Waals surface area contributed by atoms with Gasteiger partial charge in [-0.2, -0.15) is 0 Å². The lowest BCUT2D eigenvalue weighted by molar-refractivity contribution is -0.884. The summed E-state index contributed by atoms with van der Waals surface area (Å²) in [5, 5.41) is 1.93. The molecule has 1 aromatic carbocycles. The van der Waals surface area contributed by atoms with Gasteiger partial charge >= 0.3 is 0 Å². The zero-order valence-electron chi connectivity index (χ0n) is 11.9. The fraction of sp³-hybridized carbons (Fsp3) is 0.500. The molecule has 20 heavy (non-hydrogen) atoms. The van der Waals surface area contributed by atoms with Crippen LogP contribution in [0.3, 0.4) is 0 Å². The Hall–Kier alpha value is -1.66. The normalized spacial score (nSPS) is 16.9. The van der Waals surface area contributed by atoms with Crippen LogP contribution in [-0.2, 0) is 11.2 Å². The molecule has 1 aliphatic rings. The highest BCUT2D eigenvalue weighted by Crippen LogP contribution is 2.17. The number of ether oxygens (including phenoxy) is 1. The first-order valence-corrected chi connectivity index (χ1v) is 6.76. The number of hydrazine groups is 1. The highest BCUT2D eigenvalue weighted by atomic mass is 19.1. The summed E-state index contributed by atoms with van der Waals surface area (Å²) in [6.45, 7) is 3.71. The smallest absolute Gasteiger partial charge is 0.238 e. The first kappa shape index (κ1) is 14.7. The van der Waals surface area contributed by atoms with E-state index in [1.165, 1.54) is 24.1 Å². The third kappa shape index (κ3) is 3.91. The lowest BCUT2D eigenvalue weighted by Gasteiger charge is -2.30. The Kier molecular flexibility index (Phi) is 4.92. The van der Waals surface area contributed by atoms with Crippen LogP contribution in [0.4, 0.5) is 4.39 Å². The maximum Gasteiger partial charge on any atom is 0.238 e. The number of quaternary nitrogens is 1. The molecule has 0 spiro atoms. The SMILES string of the molecule is COc1ccc(CC(=O)NN2CC[NH+](C)CC2)cc1F. The van der Waals surface area contributed by atoms with E-state index in [-0.39, 0.29) is 18.1 Å². The van der Waals surface area contributed by atoms with Gasteiger partial charge in [0.25, 0.3) is 0 Å². The second-order valence-corrected chi connectivity index (χ2v) is 5.12. The van der Waals surface area contributed by atoms with Crippen LogP contribution in [0.5, 0.6) is 5.75 Å². The number of amides is 1. The third-order valence-corrected chi connectivity index (χ3v) is 3.48. The Balaban J connectivity index is 1.86. The lowest BCUT2D eigenvalue weighted by atomic mass is 10.1. The third-order valence-electron chi connectivity index (χ3n) is 3.48. The van der Waals surface area contributed by atoms with E-state index in [4.69, 9.17) is 4.74 Å². The van der Waals surface area contributed by atoms with E-state index in [1.807, 2.05) is 5.01 Å². The van der Waals surface area contributed by atoms with Crippen molar-refractivity contribution in [3.63, 3.8) is 0 Å². The first-order chi connectivity index (χ1) is 9.58. The molecule has 2 rings (SSSR count). The molecule has 0 atom stereocenters. The highest BCUT2D eigenvalue weighted by Gasteiger charge is 2.18. The van der Waals surface area contributed by atoms with Crippen molar-refractivity contribution in [2.45, 2.75) is 6.42 Å². The largest absolute Gasteiger partial charge is 0.494 e. The predicted octanol–water partition coefficient (Wildman–Crippen LogP) is -0.762. The number of methoxy groups -OCH3 is 1. The molecule has 110 valence electrons. The van der Waals surface area contributed by atoms with Crippen LogP contribution in [0.2, 0.25) is 0 Å². The Morgan fingerprint density at radius 3 is 2.75 bits per heavy atom. The molecule has 6 heteroatoms. The molecule has 0 aliphatic carbocycles. The number of rotatable bonds is 4. The topological polar surface area (TPSA) is 46.0 Å². The molecule has 1 aromatic rings. The number of halogens is 1. The van der Waals surface area contributed by atoms with E-state index in [0.29, 0.717) is 5.56 Å². The summed E-state index contributed by atoms with van der Waals surface area (Å²) in [6.07, 6.45) is 0.167. The average Bonchev–Trinajstić information content (AvgIpc) is 2.41. The summed E-state index contributed by atoms with van der Waals surface area (Å²) in [5.41, 5.74) is 3.50. The molecule has 2 N–H and O–H groups in total. The summed E-state index contributed by atoms with van der Waals surface area (Å²) in [6, 6.07) is 4.58. The van der Waals surface area contributed by atoms with Crippen LogP contribution in [0.25, 0.3) is 0 Å². The molecule has 1 heterocycles. The summed E-state index contributed by atoms with van der Waals surface area (Å²) < 4.78 is 18.4. The molecule has 1 saturated heterocycles. The molecule has 5 nitrogen and oxygen atoms in total. The molecule has 1 fully saturated rings. The van der Waals surface area contributed by atoms with Crippen molar-refractivity contribution in [1.29, 1.82) is 0 Å². The molecule has 0 radical (unpaired) electrons. The van der Waals surface area contributed by atoms with Gasteiger partial charge < -0.3 is 9.64 Å². The van der Waals surface area contributed by atoms with Gasteiger partial charge in [-0.1, -0.05) is 6.07 Å². The van der Waals surface area contributed by atoms with E-state index in [9.17, 15) is 9.18 Å². The quantitative estimate of drug-likeness (QED) is 0.763. The van der Waals surface area contributed by atoms with Crippen LogP contribution in [0.1, 0.15) is 5.56 Å². The van der Waals surface area contributed by atoms with Gasteiger partial charge in [0.2, 0.25) is 5.91 Å². The van der Waals surface area contributed by atoms with E-state index >= 15 is 0 Å². The van der Waals surface area contributed by atoms with Crippen molar-refractivity contribution >= 4 is 5.91 Å². The van der Waals surface area contributed by atoms with Gasteiger partial charge in [-0.25, -0.2) is 9.40 Å². The van der Waals surface area contributed by atoms with Crippen molar-refractivity contribution in [2.75, 3.05) is 40.3 Å². The minimum Gasteiger partial charge on any atom is -0.494 e. The van der Waals surface area contributed by atoms with Crippen molar-refractivity contribution in [3.05, 3.63) is 29.6 Å². The Morgan fingerprint density at radius 2 is 2.15 bits per heavy atom. The first-order valence-electron chi connectivity index (χ1n) is 6.76. The number of likely N-dealkylation sites (N-methyl/N-ethyl adjacent to an activating group) is 1. The van der Waals surface area contributed by atoms with Crippen LogP contribution < -0.4 is 15.1 Å². The predicted molar refractivity (Wildman–Crippen MR) is 73.0 cm³/mol. The number of nitrogens with one attached hydrogen (secondary N) is 2. The van der Waals surface area contributed by atoms with Crippen molar-refractivity contribution in [3.8, 4) is 5.75 Å². The number of piperazine rings is 1. The van der Waals surface area contributed by atoms with Gasteiger partial charge in [0.05, 0.1) is 46.8 Å². The second-order valence-electron chi connectivity index (χ2n) is 5.12. The lowest BCUT2D eigenvalue weighted by Crippen LogP contribution is -3.12. The number of carbonyl (C=O) groups excluding carboxylic acids is 1. The van der Waals surface area contributed by atoms with E-state index in [2.05, 4.69) is 12.5 Å². The summed E-state index contributed by atoms with van der Waals surface area (Å²) >= 11 is 0. The van der Waals surface area contributed by atoms with Crippen LogP contribution in [-0.4, -0.2) is 51.3 Å². The number of benzene rings is 1. The number of hydrogen-bond acceptors (Lipinski definition) is 3. The standard InChI is InChI=1S/C14H20FN3O2/c1-17-5-7-18(8-6-17)16-14(19)10-11-3-4-13(20-2)12(15)9-11/h3-4,9H,5-8,10H2,1-2H3,(H,16,19)/p+1.